The predicted octanol–water partition coefficient (Wildman–Crippen LogP) is 2.38. The number of rotatable bonds is 2. The van der Waals surface area contributed by atoms with Crippen molar-refractivity contribution in [3.05, 3.63) is 48.0 Å². The molecule has 0 spiro atoms. The molecule has 3 nitrogen and oxygen atoms in total. The lowest BCUT2D eigenvalue weighted by atomic mass is 10.1. The fourth-order valence-corrected chi connectivity index (χ4v) is 1.55. The van der Waals surface area contributed by atoms with Crippen LogP contribution in [-0.2, 0) is 0 Å². The number of imidazole rings is 1. The van der Waals surface area contributed by atoms with Crippen molar-refractivity contribution in [1.82, 2.24) is 9.55 Å². The van der Waals surface area contributed by atoms with Crippen LogP contribution in [0, 0.1) is 6.92 Å². The number of benzene rings is 1. The highest BCUT2D eigenvalue weighted by Crippen LogP contribution is 2.15. The van der Waals surface area contributed by atoms with E-state index in [2.05, 4.69) is 4.98 Å². The first-order chi connectivity index (χ1) is 7.18. The number of Topliss-reactive ketones (excluding diaryl/α,β-unsaturated/α-hetero) is 1. The third-order valence-electron chi connectivity index (χ3n) is 2.27. The van der Waals surface area contributed by atoms with Crippen molar-refractivity contribution in [2.75, 3.05) is 0 Å². The quantitative estimate of drug-likeness (QED) is 0.697. The maximum Gasteiger partial charge on any atom is 0.161 e. The van der Waals surface area contributed by atoms with Gasteiger partial charge < -0.3 is 4.57 Å². The molecule has 0 saturated heterocycles. The van der Waals surface area contributed by atoms with E-state index < -0.39 is 0 Å². The van der Waals surface area contributed by atoms with E-state index in [0.717, 1.165) is 16.9 Å². The number of para-hydroxylation sites is 1. The summed E-state index contributed by atoms with van der Waals surface area (Å²) in [7, 11) is 0. The van der Waals surface area contributed by atoms with Crippen LogP contribution in [-0.4, -0.2) is 15.3 Å². The van der Waals surface area contributed by atoms with Gasteiger partial charge in [0.15, 0.2) is 5.78 Å². The molecule has 0 bridgehead atoms. The zero-order valence-corrected chi connectivity index (χ0v) is 8.77. The average Bonchev–Trinajstić information content (AvgIpc) is 2.65. The molecule has 0 unspecified atom stereocenters. The highest BCUT2D eigenvalue weighted by molar-refractivity contribution is 5.97. The lowest BCUT2D eigenvalue weighted by molar-refractivity contribution is 0.101. The third-order valence-corrected chi connectivity index (χ3v) is 2.27. The fourth-order valence-electron chi connectivity index (χ4n) is 1.55. The summed E-state index contributed by atoms with van der Waals surface area (Å²) in [6, 6.07) is 7.52. The zero-order valence-electron chi connectivity index (χ0n) is 8.77. The fraction of sp³-hybridized carbons (Fsp3) is 0.167. The molecule has 0 aliphatic heterocycles. The Kier molecular flexibility index (Phi) is 2.37. The van der Waals surface area contributed by atoms with Gasteiger partial charge in [-0.05, 0) is 26.0 Å². The normalized spacial score (nSPS) is 10.3. The molecule has 1 aromatic carbocycles. The number of ketones is 1. The Hall–Kier alpha value is -1.90. The smallest absolute Gasteiger partial charge is 0.161 e. The zero-order chi connectivity index (χ0) is 10.8. The van der Waals surface area contributed by atoms with Gasteiger partial charge in [0.05, 0.1) is 17.7 Å². The average molecular weight is 200 g/mol. The summed E-state index contributed by atoms with van der Waals surface area (Å²) < 4.78 is 1.87. The number of hydrogen-bond acceptors (Lipinski definition) is 2. The number of hydrogen-bond donors (Lipinski definition) is 0. The summed E-state index contributed by atoms with van der Waals surface area (Å²) >= 11 is 0. The van der Waals surface area contributed by atoms with Crippen LogP contribution in [0.25, 0.3) is 5.69 Å². The van der Waals surface area contributed by atoms with Crippen molar-refractivity contribution in [2.45, 2.75) is 13.8 Å². The number of aromatic nitrogens is 2. The molecule has 2 aromatic rings. The van der Waals surface area contributed by atoms with Crippen LogP contribution in [0.1, 0.15) is 23.0 Å². The SMILES string of the molecule is CC(=O)c1ccccc1-n1cnc(C)c1. The van der Waals surface area contributed by atoms with Crippen molar-refractivity contribution in [2.24, 2.45) is 0 Å². The molecule has 0 aliphatic rings. The summed E-state index contributed by atoms with van der Waals surface area (Å²) in [6.07, 6.45) is 3.62. The molecule has 15 heavy (non-hydrogen) atoms. The summed E-state index contributed by atoms with van der Waals surface area (Å²) in [5.41, 5.74) is 2.54. The number of nitrogens with zero attached hydrogens (tertiary/aromatic N) is 2. The Morgan fingerprint density at radius 2 is 2.07 bits per heavy atom. The minimum atomic E-state index is 0.0666. The van der Waals surface area contributed by atoms with E-state index in [1.807, 2.05) is 42.0 Å². The van der Waals surface area contributed by atoms with Crippen LogP contribution < -0.4 is 0 Å². The van der Waals surface area contributed by atoms with E-state index in [9.17, 15) is 4.79 Å². The van der Waals surface area contributed by atoms with Crippen LogP contribution in [0.4, 0.5) is 0 Å². The highest BCUT2D eigenvalue weighted by atomic mass is 16.1. The standard InChI is InChI=1S/C12H12N2O/c1-9-7-14(8-13-9)12-6-4-3-5-11(12)10(2)15/h3-8H,1-2H3. The van der Waals surface area contributed by atoms with Crippen LogP contribution in [0.3, 0.4) is 0 Å². The van der Waals surface area contributed by atoms with Gasteiger partial charge in [0.1, 0.15) is 0 Å². The van der Waals surface area contributed by atoms with Crippen molar-refractivity contribution < 1.29 is 4.79 Å². The Balaban J connectivity index is 2.57. The first kappa shape index (κ1) is 9.65. The Bertz CT molecular complexity index is 500. The van der Waals surface area contributed by atoms with Gasteiger partial charge in [0.2, 0.25) is 0 Å². The minimum absolute atomic E-state index is 0.0666. The predicted molar refractivity (Wildman–Crippen MR) is 58.3 cm³/mol. The van der Waals surface area contributed by atoms with E-state index in [0.29, 0.717) is 0 Å². The largest absolute Gasteiger partial charge is 0.305 e. The topological polar surface area (TPSA) is 34.9 Å². The lowest BCUT2D eigenvalue weighted by Crippen LogP contribution is -2.01. The van der Waals surface area contributed by atoms with E-state index in [4.69, 9.17) is 0 Å². The van der Waals surface area contributed by atoms with E-state index >= 15 is 0 Å². The Morgan fingerprint density at radius 1 is 1.33 bits per heavy atom. The van der Waals surface area contributed by atoms with Crippen molar-refractivity contribution in [1.29, 1.82) is 0 Å². The van der Waals surface area contributed by atoms with Crippen LogP contribution in [0.5, 0.6) is 0 Å². The molecule has 1 heterocycles. The van der Waals surface area contributed by atoms with Gasteiger partial charge >= 0.3 is 0 Å². The molecule has 2 rings (SSSR count). The number of aryl methyl sites for hydroxylation is 1. The molecule has 0 atom stereocenters. The van der Waals surface area contributed by atoms with Gasteiger partial charge in [0.25, 0.3) is 0 Å². The molecular formula is C12H12N2O. The second-order valence-corrected chi connectivity index (χ2v) is 3.50. The van der Waals surface area contributed by atoms with Crippen molar-refractivity contribution in [3.63, 3.8) is 0 Å². The first-order valence-electron chi connectivity index (χ1n) is 4.79. The number of carbonyl (C=O) groups excluding carboxylic acids is 1. The molecule has 0 aliphatic carbocycles. The third kappa shape index (κ3) is 1.81. The van der Waals surface area contributed by atoms with Gasteiger partial charge in [-0.1, -0.05) is 12.1 Å². The summed E-state index contributed by atoms with van der Waals surface area (Å²) in [5.74, 6) is 0.0666. The summed E-state index contributed by atoms with van der Waals surface area (Å²) in [4.78, 5) is 15.6. The van der Waals surface area contributed by atoms with Crippen molar-refractivity contribution in [3.8, 4) is 5.69 Å². The van der Waals surface area contributed by atoms with Gasteiger partial charge in [0, 0.05) is 11.8 Å². The van der Waals surface area contributed by atoms with Gasteiger partial charge in [-0.25, -0.2) is 4.98 Å². The second kappa shape index (κ2) is 3.69. The van der Waals surface area contributed by atoms with Gasteiger partial charge in [-0.2, -0.15) is 0 Å². The monoisotopic (exact) mass is 200 g/mol. The van der Waals surface area contributed by atoms with E-state index in [-0.39, 0.29) is 5.78 Å². The second-order valence-electron chi connectivity index (χ2n) is 3.50. The molecular weight excluding hydrogens is 188 g/mol. The Morgan fingerprint density at radius 3 is 2.67 bits per heavy atom. The number of carbonyl (C=O) groups is 1. The van der Waals surface area contributed by atoms with E-state index in [1.165, 1.54) is 0 Å². The molecule has 0 amide bonds. The maximum atomic E-state index is 11.4. The maximum absolute atomic E-state index is 11.4. The highest BCUT2D eigenvalue weighted by Gasteiger charge is 2.07. The molecule has 0 radical (unpaired) electrons. The molecule has 0 saturated carbocycles. The lowest BCUT2D eigenvalue weighted by Gasteiger charge is -2.06. The Labute approximate surface area is 88.4 Å². The molecule has 1 aromatic heterocycles. The van der Waals surface area contributed by atoms with Crippen LogP contribution in [0.15, 0.2) is 36.8 Å². The molecule has 0 fully saturated rings. The van der Waals surface area contributed by atoms with Crippen LogP contribution in [0.2, 0.25) is 0 Å². The van der Waals surface area contributed by atoms with E-state index in [1.54, 1.807) is 13.3 Å². The van der Waals surface area contributed by atoms with Crippen LogP contribution >= 0.6 is 0 Å². The summed E-state index contributed by atoms with van der Waals surface area (Å²) in [5, 5.41) is 0. The first-order valence-corrected chi connectivity index (χ1v) is 4.79. The molecule has 3 heteroatoms. The van der Waals surface area contributed by atoms with Gasteiger partial charge in [-0.15, -0.1) is 0 Å². The van der Waals surface area contributed by atoms with Crippen molar-refractivity contribution >= 4 is 5.78 Å². The summed E-state index contributed by atoms with van der Waals surface area (Å²) in [6.45, 7) is 3.50. The molecule has 76 valence electrons. The minimum Gasteiger partial charge on any atom is -0.305 e. The van der Waals surface area contributed by atoms with Gasteiger partial charge in [-0.3, -0.25) is 4.79 Å². The molecule has 0 N–H and O–H groups in total.